The Morgan fingerprint density at radius 1 is 1.05 bits per heavy atom. The molecule has 0 radical (unpaired) electrons. The highest BCUT2D eigenvalue weighted by Crippen LogP contribution is 2.24. The van der Waals surface area contributed by atoms with Crippen LogP contribution in [0.1, 0.15) is 15.9 Å². The molecule has 7 heteroatoms. The van der Waals surface area contributed by atoms with E-state index in [0.717, 1.165) is 17.7 Å². The zero-order valence-electron chi connectivity index (χ0n) is 10.9. The van der Waals surface area contributed by atoms with Gasteiger partial charge in [-0.1, -0.05) is 17.7 Å². The minimum atomic E-state index is -4.12. The summed E-state index contributed by atoms with van der Waals surface area (Å²) in [4.78, 5) is 10.7. The molecule has 0 spiro atoms. The summed E-state index contributed by atoms with van der Waals surface area (Å²) in [6.45, 7) is 1.78. The van der Waals surface area contributed by atoms with Crippen LogP contribution >= 0.6 is 0 Å². The van der Waals surface area contributed by atoms with Crippen LogP contribution in [0.3, 0.4) is 0 Å². The Balaban J connectivity index is 2.48. The third kappa shape index (κ3) is 3.08. The first-order chi connectivity index (χ1) is 9.85. The smallest absolute Gasteiger partial charge is 0.262 e. The maximum atomic E-state index is 13.7. The first-order valence-corrected chi connectivity index (χ1v) is 7.36. The van der Waals surface area contributed by atoms with Crippen molar-refractivity contribution in [2.45, 2.75) is 11.8 Å². The molecule has 2 aromatic rings. The lowest BCUT2D eigenvalue weighted by atomic mass is 10.2. The normalized spacial score (nSPS) is 11.2. The monoisotopic (exact) mass is 311 g/mol. The summed E-state index contributed by atoms with van der Waals surface area (Å²) in [6.07, 6.45) is 0.246. The van der Waals surface area contributed by atoms with Gasteiger partial charge in [0.05, 0.1) is 10.6 Å². The van der Waals surface area contributed by atoms with Crippen LogP contribution in [0.4, 0.5) is 14.5 Å². The fraction of sp³-hybridized carbons (Fsp3) is 0.0714. The van der Waals surface area contributed by atoms with E-state index in [1.54, 1.807) is 19.1 Å². The minimum absolute atomic E-state index is 0.117. The summed E-state index contributed by atoms with van der Waals surface area (Å²) in [5.41, 5.74) is -0.144. The summed E-state index contributed by atoms with van der Waals surface area (Å²) in [7, 11) is -4.12. The standard InChI is InChI=1S/C14H11F2NO3S/c1-9-2-5-11(6-3-9)21(19,20)17-14-10(8-18)4-7-12(15)13(14)16/h2-8,17H,1H3. The van der Waals surface area contributed by atoms with Crippen molar-refractivity contribution in [1.29, 1.82) is 0 Å². The number of hydrogen-bond donors (Lipinski definition) is 1. The predicted octanol–water partition coefficient (Wildman–Crippen LogP) is 2.89. The van der Waals surface area contributed by atoms with E-state index in [9.17, 15) is 22.0 Å². The summed E-state index contributed by atoms with van der Waals surface area (Å²) >= 11 is 0. The molecule has 0 aliphatic carbocycles. The van der Waals surface area contributed by atoms with Crippen LogP contribution in [0.15, 0.2) is 41.3 Å². The third-order valence-electron chi connectivity index (χ3n) is 2.82. The van der Waals surface area contributed by atoms with Gasteiger partial charge in [-0.25, -0.2) is 17.2 Å². The molecule has 0 amide bonds. The minimum Gasteiger partial charge on any atom is -0.298 e. The van der Waals surface area contributed by atoms with Gasteiger partial charge < -0.3 is 0 Å². The zero-order chi connectivity index (χ0) is 15.6. The molecule has 0 bridgehead atoms. The van der Waals surface area contributed by atoms with Crippen molar-refractivity contribution in [3.63, 3.8) is 0 Å². The summed E-state index contributed by atoms with van der Waals surface area (Å²) < 4.78 is 53.1. The van der Waals surface area contributed by atoms with Gasteiger partial charge in [-0.05, 0) is 31.2 Å². The maximum Gasteiger partial charge on any atom is 0.262 e. The molecule has 0 fully saturated rings. The summed E-state index contributed by atoms with van der Waals surface area (Å²) in [5, 5.41) is 0. The topological polar surface area (TPSA) is 63.2 Å². The van der Waals surface area contributed by atoms with Crippen LogP contribution in [-0.2, 0) is 10.0 Å². The van der Waals surface area contributed by atoms with Gasteiger partial charge in [0.2, 0.25) is 0 Å². The quantitative estimate of drug-likeness (QED) is 0.883. The maximum absolute atomic E-state index is 13.7. The number of rotatable bonds is 4. The molecule has 1 N–H and O–H groups in total. The van der Waals surface area contributed by atoms with Gasteiger partial charge in [0.25, 0.3) is 10.0 Å². The average Bonchev–Trinajstić information content (AvgIpc) is 2.44. The molecule has 0 aliphatic rings. The molecule has 2 aromatic carbocycles. The first-order valence-electron chi connectivity index (χ1n) is 5.88. The van der Waals surface area contributed by atoms with Crippen molar-refractivity contribution in [3.05, 3.63) is 59.2 Å². The summed E-state index contributed by atoms with van der Waals surface area (Å²) in [6, 6.07) is 7.54. The highest BCUT2D eigenvalue weighted by molar-refractivity contribution is 7.92. The molecule has 4 nitrogen and oxygen atoms in total. The number of anilines is 1. The van der Waals surface area contributed by atoms with Crippen molar-refractivity contribution >= 4 is 22.0 Å². The fourth-order valence-electron chi connectivity index (χ4n) is 1.68. The second kappa shape index (κ2) is 5.61. The zero-order valence-corrected chi connectivity index (χ0v) is 11.7. The van der Waals surface area contributed by atoms with Crippen molar-refractivity contribution in [1.82, 2.24) is 0 Å². The fourth-order valence-corrected chi connectivity index (χ4v) is 2.77. The molecular weight excluding hydrogens is 300 g/mol. The highest BCUT2D eigenvalue weighted by atomic mass is 32.2. The van der Waals surface area contributed by atoms with Crippen LogP contribution in [0, 0.1) is 18.6 Å². The largest absolute Gasteiger partial charge is 0.298 e. The number of nitrogens with one attached hydrogen (secondary N) is 1. The van der Waals surface area contributed by atoms with E-state index in [4.69, 9.17) is 0 Å². The van der Waals surface area contributed by atoms with E-state index < -0.39 is 27.3 Å². The lowest BCUT2D eigenvalue weighted by Crippen LogP contribution is -2.16. The van der Waals surface area contributed by atoms with Crippen LogP contribution in [0.2, 0.25) is 0 Å². The van der Waals surface area contributed by atoms with Gasteiger partial charge in [-0.2, -0.15) is 0 Å². The lowest BCUT2D eigenvalue weighted by Gasteiger charge is -2.11. The van der Waals surface area contributed by atoms with Gasteiger partial charge in [-0.3, -0.25) is 9.52 Å². The molecule has 110 valence electrons. The van der Waals surface area contributed by atoms with Crippen LogP contribution in [0.5, 0.6) is 0 Å². The van der Waals surface area contributed by atoms with Crippen molar-refractivity contribution in [2.24, 2.45) is 0 Å². The van der Waals surface area contributed by atoms with Crippen molar-refractivity contribution < 1.29 is 22.0 Å². The third-order valence-corrected chi connectivity index (χ3v) is 4.19. The Hall–Kier alpha value is -2.28. The van der Waals surface area contributed by atoms with E-state index in [0.29, 0.717) is 0 Å². The van der Waals surface area contributed by atoms with Gasteiger partial charge in [0.15, 0.2) is 17.9 Å². The second-order valence-corrected chi connectivity index (χ2v) is 6.04. The summed E-state index contributed by atoms with van der Waals surface area (Å²) in [5.74, 6) is -2.67. The van der Waals surface area contributed by atoms with Crippen molar-refractivity contribution in [3.8, 4) is 0 Å². The Morgan fingerprint density at radius 3 is 2.24 bits per heavy atom. The number of halogens is 2. The van der Waals surface area contributed by atoms with Crippen LogP contribution in [-0.4, -0.2) is 14.7 Å². The molecule has 2 rings (SSSR count). The molecule has 0 aromatic heterocycles. The van der Waals surface area contributed by atoms with Crippen molar-refractivity contribution in [2.75, 3.05) is 4.72 Å². The SMILES string of the molecule is Cc1ccc(S(=O)(=O)Nc2c(C=O)ccc(F)c2F)cc1. The number of hydrogen-bond acceptors (Lipinski definition) is 3. The van der Waals surface area contributed by atoms with E-state index in [1.807, 2.05) is 4.72 Å². The molecule has 0 saturated heterocycles. The first kappa shape index (κ1) is 15.1. The molecule has 0 atom stereocenters. The molecule has 0 aliphatic heterocycles. The van der Waals surface area contributed by atoms with Gasteiger partial charge in [0, 0.05) is 5.56 Å². The van der Waals surface area contributed by atoms with Crippen LogP contribution < -0.4 is 4.72 Å². The number of carbonyl (C=O) groups excluding carboxylic acids is 1. The predicted molar refractivity (Wildman–Crippen MR) is 73.7 cm³/mol. The highest BCUT2D eigenvalue weighted by Gasteiger charge is 2.20. The van der Waals surface area contributed by atoms with Gasteiger partial charge >= 0.3 is 0 Å². The molecule has 21 heavy (non-hydrogen) atoms. The number of sulfonamides is 1. The Labute approximate surface area is 120 Å². The molecule has 0 saturated carbocycles. The Bertz CT molecular complexity index is 787. The van der Waals surface area contributed by atoms with E-state index in [2.05, 4.69) is 0 Å². The van der Waals surface area contributed by atoms with E-state index >= 15 is 0 Å². The Kier molecular flexibility index (Phi) is 4.04. The lowest BCUT2D eigenvalue weighted by molar-refractivity contribution is 0.112. The molecular formula is C14H11F2NO3S. The van der Waals surface area contributed by atoms with Gasteiger partial charge in [0.1, 0.15) is 0 Å². The number of carbonyl (C=O) groups is 1. The van der Waals surface area contributed by atoms with Crippen LogP contribution in [0.25, 0.3) is 0 Å². The second-order valence-electron chi connectivity index (χ2n) is 4.36. The average molecular weight is 311 g/mol. The van der Waals surface area contributed by atoms with Gasteiger partial charge in [-0.15, -0.1) is 0 Å². The molecule has 0 heterocycles. The Morgan fingerprint density at radius 2 is 1.67 bits per heavy atom. The van der Waals surface area contributed by atoms with E-state index in [-0.39, 0.29) is 16.7 Å². The molecule has 0 unspecified atom stereocenters. The van der Waals surface area contributed by atoms with E-state index in [1.165, 1.54) is 12.1 Å². The number of aldehydes is 1. The number of aryl methyl sites for hydroxylation is 1. The number of benzene rings is 2.